The molecule has 3 atom stereocenters. The van der Waals surface area contributed by atoms with Crippen LogP contribution in [0.5, 0.6) is 0 Å². The van der Waals surface area contributed by atoms with Crippen molar-refractivity contribution < 1.29 is 23.7 Å². The number of aliphatic carboxylic acids is 1. The van der Waals surface area contributed by atoms with E-state index in [9.17, 15) is 23.7 Å². The van der Waals surface area contributed by atoms with Gasteiger partial charge in [-0.3, -0.25) is 18.7 Å². The Balaban J connectivity index is 1.35. The van der Waals surface area contributed by atoms with Gasteiger partial charge in [-0.05, 0) is 17.6 Å². The molecule has 8 heteroatoms. The Bertz CT molecular complexity index is 994. The van der Waals surface area contributed by atoms with Gasteiger partial charge in [0.1, 0.15) is 11.1 Å². The van der Waals surface area contributed by atoms with Crippen molar-refractivity contribution in [1.82, 2.24) is 10.2 Å². The number of carboxylic acid groups (broad SMARTS) is 1. The van der Waals surface area contributed by atoms with Crippen LogP contribution >= 0.6 is 0 Å². The van der Waals surface area contributed by atoms with Crippen molar-refractivity contribution in [3.05, 3.63) is 47.2 Å². The van der Waals surface area contributed by atoms with Crippen molar-refractivity contribution in [2.75, 3.05) is 12.3 Å². The van der Waals surface area contributed by atoms with E-state index in [1.807, 2.05) is 18.2 Å². The van der Waals surface area contributed by atoms with Gasteiger partial charge in [-0.25, -0.2) is 4.79 Å². The molecular weight excluding hydrogens is 500 g/mol. The lowest BCUT2D eigenvalue weighted by atomic mass is 9.88. The van der Waals surface area contributed by atoms with Gasteiger partial charge in [0, 0.05) is 13.0 Å². The van der Waals surface area contributed by atoms with E-state index in [1.54, 1.807) is 12.1 Å². The molecule has 2 aliphatic heterocycles. The van der Waals surface area contributed by atoms with Crippen molar-refractivity contribution in [3.8, 4) is 0 Å². The molecule has 0 bridgehead atoms. The SMILES string of the molecule is CCCCCCCCCCCCCCCC(=O)NCC1=C(C(=O)O)N2C(=O)C(c3ccccc3)[C@@H]2S(=O)C1. The molecule has 7 nitrogen and oxygen atoms in total. The minimum atomic E-state index is -1.44. The van der Waals surface area contributed by atoms with E-state index in [4.69, 9.17) is 0 Å². The maximum Gasteiger partial charge on any atom is 0.352 e. The minimum absolute atomic E-state index is 0.00282. The van der Waals surface area contributed by atoms with Gasteiger partial charge >= 0.3 is 5.97 Å². The second-order valence-corrected chi connectivity index (χ2v) is 12.1. The summed E-state index contributed by atoms with van der Waals surface area (Å²) < 4.78 is 13.0. The van der Waals surface area contributed by atoms with Crippen LogP contribution in [0.4, 0.5) is 0 Å². The Labute approximate surface area is 229 Å². The number of β-lactam (4-membered cyclic amide) rings is 1. The van der Waals surface area contributed by atoms with Gasteiger partial charge in [0.05, 0.1) is 22.5 Å². The van der Waals surface area contributed by atoms with E-state index in [-0.39, 0.29) is 29.8 Å². The zero-order valence-corrected chi connectivity index (χ0v) is 23.6. The number of carboxylic acids is 1. The molecule has 210 valence electrons. The normalized spacial score (nSPS) is 20.7. The summed E-state index contributed by atoms with van der Waals surface area (Å²) in [6.45, 7) is 2.24. The summed E-state index contributed by atoms with van der Waals surface area (Å²) in [5.74, 6) is -2.29. The standard InChI is InChI=1S/C30H44N2O5S/c1-2-3-4-5-6-7-8-9-10-11-12-13-17-20-25(33)31-21-24-22-38(37)29-26(23-18-15-14-16-19-23)28(34)32(29)27(24)30(35)36/h14-16,18-19,26,29H,2-13,17,20-22H2,1H3,(H,31,33)(H,35,36)/t26?,29-,38?/m0/s1. The largest absolute Gasteiger partial charge is 0.477 e. The van der Waals surface area contributed by atoms with Gasteiger partial charge in [0.2, 0.25) is 11.8 Å². The zero-order chi connectivity index (χ0) is 27.3. The Morgan fingerprint density at radius 1 is 0.921 bits per heavy atom. The minimum Gasteiger partial charge on any atom is -0.477 e. The molecule has 2 aliphatic rings. The number of carbonyl (C=O) groups excluding carboxylic acids is 2. The predicted octanol–water partition coefficient (Wildman–Crippen LogP) is 5.64. The molecule has 1 saturated heterocycles. The van der Waals surface area contributed by atoms with Gasteiger partial charge < -0.3 is 10.4 Å². The van der Waals surface area contributed by atoms with E-state index >= 15 is 0 Å². The number of carbonyl (C=O) groups is 3. The summed E-state index contributed by atoms with van der Waals surface area (Å²) in [5, 5.41) is 11.9. The molecule has 0 radical (unpaired) electrons. The number of rotatable bonds is 18. The molecule has 2 N–H and O–H groups in total. The number of fused-ring (bicyclic) bond motifs is 1. The van der Waals surface area contributed by atoms with Gasteiger partial charge in [0.25, 0.3) is 0 Å². The summed E-state index contributed by atoms with van der Waals surface area (Å²) in [4.78, 5) is 38.5. The highest BCUT2D eigenvalue weighted by molar-refractivity contribution is 7.86. The quantitative estimate of drug-likeness (QED) is 0.184. The zero-order valence-electron chi connectivity index (χ0n) is 22.8. The van der Waals surface area contributed by atoms with Crippen molar-refractivity contribution in [2.24, 2.45) is 0 Å². The maximum absolute atomic E-state index is 13.0. The lowest BCUT2D eigenvalue weighted by Crippen LogP contribution is -2.64. The van der Waals surface area contributed by atoms with Gasteiger partial charge in [-0.15, -0.1) is 0 Å². The third-order valence-electron chi connectivity index (χ3n) is 7.57. The Morgan fingerprint density at radius 2 is 1.47 bits per heavy atom. The summed E-state index contributed by atoms with van der Waals surface area (Å²) in [7, 11) is -1.44. The van der Waals surface area contributed by atoms with E-state index in [2.05, 4.69) is 12.2 Å². The molecule has 38 heavy (non-hydrogen) atoms. The smallest absolute Gasteiger partial charge is 0.352 e. The molecule has 1 aromatic carbocycles. The summed E-state index contributed by atoms with van der Waals surface area (Å²) >= 11 is 0. The second kappa shape index (κ2) is 15.8. The van der Waals surface area contributed by atoms with Crippen LogP contribution in [-0.4, -0.2) is 49.7 Å². The van der Waals surface area contributed by atoms with Gasteiger partial charge in [-0.2, -0.15) is 0 Å². The van der Waals surface area contributed by atoms with Crippen molar-refractivity contribution in [3.63, 3.8) is 0 Å². The first-order valence-electron chi connectivity index (χ1n) is 14.4. The number of hydrogen-bond donors (Lipinski definition) is 2. The fourth-order valence-electron chi connectivity index (χ4n) is 5.42. The number of amides is 2. The van der Waals surface area contributed by atoms with Crippen LogP contribution in [-0.2, 0) is 25.2 Å². The van der Waals surface area contributed by atoms with Crippen molar-refractivity contribution in [1.29, 1.82) is 0 Å². The number of benzene rings is 1. The predicted molar refractivity (Wildman–Crippen MR) is 151 cm³/mol. The van der Waals surface area contributed by atoms with E-state index in [1.165, 1.54) is 64.2 Å². The molecule has 2 heterocycles. The molecule has 0 saturated carbocycles. The Hall–Kier alpha value is -2.48. The van der Waals surface area contributed by atoms with E-state index in [0.717, 1.165) is 29.7 Å². The van der Waals surface area contributed by atoms with Crippen LogP contribution in [0.1, 0.15) is 108 Å². The van der Waals surface area contributed by atoms with E-state index in [0.29, 0.717) is 12.0 Å². The van der Waals surface area contributed by atoms with Crippen LogP contribution in [0.3, 0.4) is 0 Å². The summed E-state index contributed by atoms with van der Waals surface area (Å²) in [6, 6.07) is 9.05. The fourth-order valence-corrected chi connectivity index (χ4v) is 7.19. The van der Waals surface area contributed by atoms with Crippen LogP contribution in [0.2, 0.25) is 0 Å². The molecule has 0 aliphatic carbocycles. The highest BCUT2D eigenvalue weighted by atomic mass is 32.2. The van der Waals surface area contributed by atoms with Crippen LogP contribution in [0, 0.1) is 0 Å². The van der Waals surface area contributed by atoms with Crippen LogP contribution < -0.4 is 5.32 Å². The molecule has 1 fully saturated rings. The third kappa shape index (κ3) is 8.26. The van der Waals surface area contributed by atoms with Crippen molar-refractivity contribution in [2.45, 2.75) is 108 Å². The fraction of sp³-hybridized carbons (Fsp3) is 0.633. The van der Waals surface area contributed by atoms with Gasteiger partial charge in [-0.1, -0.05) is 114 Å². The summed E-state index contributed by atoms with van der Waals surface area (Å²) in [6.07, 6.45) is 16.5. The van der Waals surface area contributed by atoms with Crippen molar-refractivity contribution >= 4 is 28.6 Å². The second-order valence-electron chi connectivity index (χ2n) is 10.5. The molecule has 2 amide bonds. The molecule has 0 spiro atoms. The highest BCUT2D eigenvalue weighted by Crippen LogP contribution is 2.43. The summed E-state index contributed by atoms with van der Waals surface area (Å²) in [5.41, 5.74) is 0.949. The molecule has 1 aromatic rings. The lowest BCUT2D eigenvalue weighted by Gasteiger charge is -2.49. The molecular formula is C30H44N2O5S. The number of nitrogens with one attached hydrogen (secondary N) is 1. The molecule has 0 aromatic heterocycles. The first kappa shape index (κ1) is 30.1. The maximum atomic E-state index is 13.0. The lowest BCUT2D eigenvalue weighted by molar-refractivity contribution is -0.148. The molecule has 2 unspecified atom stereocenters. The highest BCUT2D eigenvalue weighted by Gasteiger charge is 2.56. The first-order chi connectivity index (χ1) is 18.5. The van der Waals surface area contributed by atoms with E-state index < -0.39 is 28.1 Å². The van der Waals surface area contributed by atoms with Gasteiger partial charge in [0.15, 0.2) is 0 Å². The Morgan fingerprint density at radius 3 is 2.03 bits per heavy atom. The first-order valence-corrected chi connectivity index (χ1v) is 15.8. The number of nitrogens with zero attached hydrogens (tertiary/aromatic N) is 1. The average molecular weight is 545 g/mol. The Kier molecular flexibility index (Phi) is 12.5. The third-order valence-corrected chi connectivity index (χ3v) is 9.23. The monoisotopic (exact) mass is 544 g/mol. The van der Waals surface area contributed by atoms with Crippen LogP contribution in [0.15, 0.2) is 41.6 Å². The average Bonchev–Trinajstić information content (AvgIpc) is 2.90. The number of unbranched alkanes of at least 4 members (excludes halogenated alkanes) is 12. The van der Waals surface area contributed by atoms with Crippen LogP contribution in [0.25, 0.3) is 0 Å². The number of hydrogen-bond acceptors (Lipinski definition) is 4. The topological polar surface area (TPSA) is 104 Å². The molecule has 3 rings (SSSR count).